The van der Waals surface area contributed by atoms with E-state index < -0.39 is 0 Å². The van der Waals surface area contributed by atoms with E-state index in [0.29, 0.717) is 17.1 Å². The largest absolute Gasteiger partial charge is 0.507 e. The molecule has 0 saturated carbocycles. The van der Waals surface area contributed by atoms with Crippen molar-refractivity contribution < 1.29 is 14.7 Å². The van der Waals surface area contributed by atoms with Crippen LogP contribution in [0.25, 0.3) is 0 Å². The molecule has 23 heavy (non-hydrogen) atoms. The Balaban J connectivity index is 2.13. The van der Waals surface area contributed by atoms with Gasteiger partial charge in [-0.1, -0.05) is 11.6 Å². The zero-order valence-corrected chi connectivity index (χ0v) is 14.3. The van der Waals surface area contributed by atoms with Crippen molar-refractivity contribution in [1.82, 2.24) is 0 Å². The normalized spacial score (nSPS) is 12.7. The van der Waals surface area contributed by atoms with E-state index >= 15 is 0 Å². The maximum atomic E-state index is 9.82. The van der Waals surface area contributed by atoms with Crippen LogP contribution in [0.5, 0.6) is 11.5 Å². The summed E-state index contributed by atoms with van der Waals surface area (Å²) in [4.78, 5) is 5.77. The number of nitrogens with one attached hydrogen (secondary N) is 1. The van der Waals surface area contributed by atoms with E-state index in [1.54, 1.807) is 31.5 Å². The molecular weight excluding hydrogens is 312 g/mol. The van der Waals surface area contributed by atoms with Gasteiger partial charge in [0.05, 0.1) is 27.7 Å². The average Bonchev–Trinajstić information content (AvgIpc) is 2.54. The molecule has 4 nitrogen and oxygen atoms in total. The van der Waals surface area contributed by atoms with Crippen LogP contribution in [0.15, 0.2) is 47.5 Å². The molecule has 2 aromatic carbocycles. The van der Waals surface area contributed by atoms with Crippen LogP contribution in [0.4, 0.5) is 0 Å². The fourth-order valence-electron chi connectivity index (χ4n) is 2.34. The minimum atomic E-state index is 0.177. The highest BCUT2D eigenvalue weighted by molar-refractivity contribution is 6.30. The van der Waals surface area contributed by atoms with E-state index in [1.807, 2.05) is 12.1 Å². The van der Waals surface area contributed by atoms with Crippen LogP contribution < -0.4 is 9.64 Å². The predicted molar refractivity (Wildman–Crippen MR) is 94.1 cm³/mol. The summed E-state index contributed by atoms with van der Waals surface area (Å²) in [7, 11) is 5.86. The maximum Gasteiger partial charge on any atom is 0.132 e. The summed E-state index contributed by atoms with van der Waals surface area (Å²) in [5, 5.41) is 10.4. The standard InChI is InChI=1S/C18H21ClN2O2/c1-21(2)17(13-4-7-16(23-3)8-5-13)12-20-11-14-10-15(19)6-9-18(14)22/h4-11,17,22H,12H2,1-3H3/p+1/t17-/m1/s1. The van der Waals surface area contributed by atoms with Gasteiger partial charge in [0, 0.05) is 22.4 Å². The summed E-state index contributed by atoms with van der Waals surface area (Å²) in [5.41, 5.74) is 1.82. The number of halogens is 1. The Bertz CT molecular complexity index is 669. The summed E-state index contributed by atoms with van der Waals surface area (Å²) in [6.45, 7) is 0.612. The summed E-state index contributed by atoms with van der Waals surface area (Å²) in [5.74, 6) is 1.02. The molecule has 0 radical (unpaired) electrons. The number of likely N-dealkylation sites (N-methyl/N-ethyl adjacent to an activating group) is 1. The monoisotopic (exact) mass is 333 g/mol. The third-order valence-corrected chi connectivity index (χ3v) is 3.96. The molecule has 0 spiro atoms. The first-order valence-electron chi connectivity index (χ1n) is 7.43. The Labute approximate surface area is 142 Å². The molecule has 0 aliphatic rings. The molecule has 0 aliphatic heterocycles. The van der Waals surface area contributed by atoms with Gasteiger partial charge in [-0.15, -0.1) is 0 Å². The highest BCUT2D eigenvalue weighted by Gasteiger charge is 2.17. The fraction of sp³-hybridized carbons (Fsp3) is 0.278. The molecule has 122 valence electrons. The van der Waals surface area contributed by atoms with Gasteiger partial charge in [-0.25, -0.2) is 0 Å². The third kappa shape index (κ3) is 4.71. The molecular formula is C18H22ClN2O2+. The van der Waals surface area contributed by atoms with Crippen molar-refractivity contribution in [3.8, 4) is 11.5 Å². The second kappa shape index (κ2) is 7.99. The second-order valence-corrected chi connectivity index (χ2v) is 6.04. The van der Waals surface area contributed by atoms with Crippen LogP contribution in [-0.2, 0) is 0 Å². The number of nitrogens with zero attached hydrogens (tertiary/aromatic N) is 1. The fourth-order valence-corrected chi connectivity index (χ4v) is 2.52. The highest BCUT2D eigenvalue weighted by atomic mass is 35.5. The molecule has 0 fully saturated rings. The summed E-state index contributed by atoms with van der Waals surface area (Å²) < 4.78 is 5.20. The number of quaternary nitrogens is 1. The lowest BCUT2D eigenvalue weighted by molar-refractivity contribution is -0.890. The van der Waals surface area contributed by atoms with Crippen LogP contribution in [0.1, 0.15) is 17.2 Å². The SMILES string of the molecule is COc1ccc([C@@H](CN=Cc2cc(Cl)ccc2O)[NH+](C)C)cc1. The Morgan fingerprint density at radius 2 is 1.91 bits per heavy atom. The Hall–Kier alpha value is -2.04. The highest BCUT2D eigenvalue weighted by Crippen LogP contribution is 2.20. The van der Waals surface area contributed by atoms with Crippen LogP contribution in [0.2, 0.25) is 5.02 Å². The van der Waals surface area contributed by atoms with Crippen molar-refractivity contribution in [2.24, 2.45) is 4.99 Å². The number of phenols is 1. The van der Waals surface area contributed by atoms with Gasteiger partial charge in [-0.05, 0) is 42.5 Å². The van der Waals surface area contributed by atoms with Gasteiger partial charge in [0.25, 0.3) is 0 Å². The van der Waals surface area contributed by atoms with Crippen LogP contribution >= 0.6 is 11.6 Å². The molecule has 0 aliphatic carbocycles. The lowest BCUT2D eigenvalue weighted by Gasteiger charge is -2.20. The Morgan fingerprint density at radius 1 is 1.22 bits per heavy atom. The average molecular weight is 334 g/mol. The number of phenolic OH excluding ortho intramolecular Hbond substituents is 1. The number of aliphatic imine (C=N–C) groups is 1. The number of benzene rings is 2. The number of rotatable bonds is 6. The second-order valence-electron chi connectivity index (χ2n) is 5.60. The molecule has 2 rings (SSSR count). The van der Waals surface area contributed by atoms with E-state index in [4.69, 9.17) is 16.3 Å². The molecule has 5 heteroatoms. The van der Waals surface area contributed by atoms with Crippen LogP contribution in [0.3, 0.4) is 0 Å². The zero-order valence-electron chi connectivity index (χ0n) is 13.6. The molecule has 0 saturated heterocycles. The van der Waals surface area contributed by atoms with Crippen LogP contribution in [0, 0.1) is 0 Å². The topological polar surface area (TPSA) is 46.3 Å². The van der Waals surface area contributed by atoms with Crippen molar-refractivity contribution in [1.29, 1.82) is 0 Å². The predicted octanol–water partition coefficient (Wildman–Crippen LogP) is 2.36. The van der Waals surface area contributed by atoms with Crippen molar-refractivity contribution in [3.05, 3.63) is 58.6 Å². The van der Waals surface area contributed by atoms with Gasteiger partial charge in [0.2, 0.25) is 0 Å². The van der Waals surface area contributed by atoms with Gasteiger partial charge in [0.1, 0.15) is 17.5 Å². The third-order valence-electron chi connectivity index (χ3n) is 3.72. The lowest BCUT2D eigenvalue weighted by Crippen LogP contribution is -3.06. The lowest BCUT2D eigenvalue weighted by atomic mass is 10.1. The maximum absolute atomic E-state index is 9.82. The van der Waals surface area contributed by atoms with Gasteiger partial charge in [0.15, 0.2) is 0 Å². The van der Waals surface area contributed by atoms with Gasteiger partial charge in [-0.3, -0.25) is 4.99 Å². The number of hydrogen-bond acceptors (Lipinski definition) is 3. The first-order chi connectivity index (χ1) is 11.0. The Morgan fingerprint density at radius 3 is 2.52 bits per heavy atom. The smallest absolute Gasteiger partial charge is 0.132 e. The molecule has 1 atom stereocenters. The van der Waals surface area contributed by atoms with Gasteiger partial charge in [-0.2, -0.15) is 0 Å². The minimum Gasteiger partial charge on any atom is -0.507 e. The summed E-state index contributed by atoms with van der Waals surface area (Å²) in [6, 6.07) is 13.2. The van der Waals surface area contributed by atoms with E-state index in [1.165, 1.54) is 10.5 Å². The van der Waals surface area contributed by atoms with Crippen molar-refractivity contribution in [2.75, 3.05) is 27.7 Å². The van der Waals surface area contributed by atoms with Gasteiger partial charge >= 0.3 is 0 Å². The van der Waals surface area contributed by atoms with Crippen molar-refractivity contribution in [2.45, 2.75) is 6.04 Å². The number of methoxy groups -OCH3 is 1. The van der Waals surface area contributed by atoms with E-state index in [9.17, 15) is 5.11 Å². The first-order valence-corrected chi connectivity index (χ1v) is 7.81. The Kier molecular flexibility index (Phi) is 6.02. The van der Waals surface area contributed by atoms with E-state index in [2.05, 4.69) is 31.2 Å². The molecule has 2 aromatic rings. The summed E-state index contributed by atoms with van der Waals surface area (Å²) in [6.07, 6.45) is 1.67. The molecule has 0 heterocycles. The van der Waals surface area contributed by atoms with E-state index in [0.717, 1.165) is 5.75 Å². The summed E-state index contributed by atoms with van der Waals surface area (Å²) >= 11 is 5.94. The molecule has 0 unspecified atom stereocenters. The molecule has 0 bridgehead atoms. The minimum absolute atomic E-state index is 0.177. The zero-order chi connectivity index (χ0) is 16.8. The molecule has 0 aromatic heterocycles. The molecule has 2 N–H and O–H groups in total. The van der Waals surface area contributed by atoms with Crippen molar-refractivity contribution in [3.63, 3.8) is 0 Å². The van der Waals surface area contributed by atoms with E-state index in [-0.39, 0.29) is 11.8 Å². The quantitative estimate of drug-likeness (QED) is 0.797. The van der Waals surface area contributed by atoms with Crippen LogP contribution in [-0.4, -0.2) is 39.1 Å². The number of hydrogen-bond donors (Lipinski definition) is 2. The van der Waals surface area contributed by atoms with Gasteiger partial charge < -0.3 is 14.7 Å². The first kappa shape index (κ1) is 17.3. The number of aromatic hydroxyl groups is 1. The van der Waals surface area contributed by atoms with Crippen molar-refractivity contribution >= 4 is 17.8 Å². The molecule has 0 amide bonds. The number of ether oxygens (including phenoxy) is 1.